The molecule has 15 heavy (non-hydrogen) atoms. The van der Waals surface area contributed by atoms with Gasteiger partial charge in [0.15, 0.2) is 0 Å². The average molecular weight is 203 g/mol. The summed E-state index contributed by atoms with van der Waals surface area (Å²) in [7, 11) is 2.12. The number of likely N-dealkylation sites (N-methyl/N-ethyl adjacent to an activating group) is 1. The zero-order chi connectivity index (χ0) is 10.7. The molecule has 2 heteroatoms. The van der Waals surface area contributed by atoms with Crippen LogP contribution in [0.25, 0.3) is 6.08 Å². The maximum atomic E-state index is 5.78. The lowest BCUT2D eigenvalue weighted by Crippen LogP contribution is -2.37. The summed E-state index contributed by atoms with van der Waals surface area (Å²) in [6.45, 7) is 4.01. The molecule has 0 spiro atoms. The standard InChI is InChI=1S/C13H17NO/c1-11-9-14(2)10-13(15-11)8-12-6-4-3-5-7-12/h3-8,11H,9-10H2,1-2H3/b13-8-. The van der Waals surface area contributed by atoms with Crippen LogP contribution in [-0.4, -0.2) is 31.1 Å². The maximum absolute atomic E-state index is 5.78. The topological polar surface area (TPSA) is 12.5 Å². The van der Waals surface area contributed by atoms with Gasteiger partial charge in [0.1, 0.15) is 11.9 Å². The van der Waals surface area contributed by atoms with Crippen molar-refractivity contribution < 1.29 is 4.74 Å². The SMILES string of the molecule is CC1CN(C)C/C(=C/c2ccccc2)O1. The van der Waals surface area contributed by atoms with Crippen molar-refractivity contribution in [2.24, 2.45) is 0 Å². The summed E-state index contributed by atoms with van der Waals surface area (Å²) < 4.78 is 5.78. The molecule has 0 aromatic heterocycles. The lowest BCUT2D eigenvalue weighted by molar-refractivity contribution is 0.0472. The third kappa shape index (κ3) is 2.83. The molecule has 2 rings (SSSR count). The van der Waals surface area contributed by atoms with E-state index >= 15 is 0 Å². The molecule has 0 radical (unpaired) electrons. The van der Waals surface area contributed by atoms with Crippen LogP contribution in [0.3, 0.4) is 0 Å². The number of benzene rings is 1. The zero-order valence-electron chi connectivity index (χ0n) is 9.31. The van der Waals surface area contributed by atoms with Crippen molar-refractivity contribution >= 4 is 6.08 Å². The maximum Gasteiger partial charge on any atom is 0.111 e. The van der Waals surface area contributed by atoms with Gasteiger partial charge in [-0.15, -0.1) is 0 Å². The number of hydrogen-bond donors (Lipinski definition) is 0. The first-order valence-electron chi connectivity index (χ1n) is 5.35. The fraction of sp³-hybridized carbons (Fsp3) is 0.385. The van der Waals surface area contributed by atoms with Crippen molar-refractivity contribution in [3.8, 4) is 0 Å². The Morgan fingerprint density at radius 3 is 2.73 bits per heavy atom. The summed E-state index contributed by atoms with van der Waals surface area (Å²) >= 11 is 0. The van der Waals surface area contributed by atoms with Crippen LogP contribution in [0.15, 0.2) is 36.1 Å². The van der Waals surface area contributed by atoms with E-state index in [1.54, 1.807) is 0 Å². The Morgan fingerprint density at radius 2 is 2.07 bits per heavy atom. The summed E-state index contributed by atoms with van der Waals surface area (Å²) in [6, 6.07) is 10.3. The highest BCUT2D eigenvalue weighted by Crippen LogP contribution is 2.15. The molecule has 0 bridgehead atoms. The van der Waals surface area contributed by atoms with Crippen molar-refractivity contribution in [2.75, 3.05) is 20.1 Å². The molecule has 0 saturated carbocycles. The van der Waals surface area contributed by atoms with Crippen molar-refractivity contribution in [1.82, 2.24) is 4.90 Å². The Bertz CT molecular complexity index is 333. The van der Waals surface area contributed by atoms with E-state index in [1.807, 2.05) is 18.2 Å². The molecular weight excluding hydrogens is 186 g/mol. The summed E-state index contributed by atoms with van der Waals surface area (Å²) in [6.07, 6.45) is 2.41. The number of hydrogen-bond acceptors (Lipinski definition) is 2. The molecular formula is C13H17NO. The van der Waals surface area contributed by atoms with Crippen LogP contribution in [0, 0.1) is 0 Å². The quantitative estimate of drug-likeness (QED) is 0.695. The summed E-state index contributed by atoms with van der Waals surface area (Å²) in [5.41, 5.74) is 1.20. The molecule has 0 aliphatic carbocycles. The van der Waals surface area contributed by atoms with Crippen LogP contribution in [0.2, 0.25) is 0 Å². The molecule has 1 fully saturated rings. The Morgan fingerprint density at radius 1 is 1.33 bits per heavy atom. The van der Waals surface area contributed by atoms with Gasteiger partial charge >= 0.3 is 0 Å². The number of ether oxygens (including phenoxy) is 1. The molecule has 1 aromatic carbocycles. The fourth-order valence-electron chi connectivity index (χ4n) is 1.92. The first kappa shape index (κ1) is 10.2. The van der Waals surface area contributed by atoms with Gasteiger partial charge in [-0.1, -0.05) is 30.3 Å². The molecule has 80 valence electrons. The molecule has 0 N–H and O–H groups in total. The number of rotatable bonds is 1. The van der Waals surface area contributed by atoms with Gasteiger partial charge < -0.3 is 4.74 Å². The largest absolute Gasteiger partial charge is 0.492 e. The Labute approximate surface area is 91.2 Å². The number of nitrogens with zero attached hydrogens (tertiary/aromatic N) is 1. The normalized spacial score (nSPS) is 25.2. The van der Waals surface area contributed by atoms with E-state index in [1.165, 1.54) is 5.56 Å². The van der Waals surface area contributed by atoms with Gasteiger partial charge in [0.2, 0.25) is 0 Å². The summed E-state index contributed by atoms with van der Waals surface area (Å²) in [5, 5.41) is 0. The molecule has 1 aliphatic heterocycles. The molecule has 1 unspecified atom stereocenters. The van der Waals surface area contributed by atoms with Crippen LogP contribution in [0.4, 0.5) is 0 Å². The molecule has 1 saturated heterocycles. The van der Waals surface area contributed by atoms with Crippen LogP contribution < -0.4 is 0 Å². The van der Waals surface area contributed by atoms with Crippen molar-refractivity contribution in [3.63, 3.8) is 0 Å². The van der Waals surface area contributed by atoms with Crippen LogP contribution >= 0.6 is 0 Å². The second-order valence-corrected chi connectivity index (χ2v) is 4.15. The highest BCUT2D eigenvalue weighted by Gasteiger charge is 2.17. The van der Waals surface area contributed by atoms with Crippen LogP contribution in [0.1, 0.15) is 12.5 Å². The highest BCUT2D eigenvalue weighted by atomic mass is 16.5. The van der Waals surface area contributed by atoms with Crippen molar-refractivity contribution in [1.29, 1.82) is 0 Å². The van der Waals surface area contributed by atoms with Crippen molar-refractivity contribution in [2.45, 2.75) is 13.0 Å². The summed E-state index contributed by atoms with van der Waals surface area (Å²) in [5.74, 6) is 1.06. The molecule has 1 aliphatic rings. The Hall–Kier alpha value is -1.28. The van der Waals surface area contributed by atoms with E-state index < -0.39 is 0 Å². The van der Waals surface area contributed by atoms with Gasteiger partial charge in [-0.25, -0.2) is 0 Å². The van der Waals surface area contributed by atoms with Gasteiger partial charge in [0.25, 0.3) is 0 Å². The first-order valence-corrected chi connectivity index (χ1v) is 5.35. The second-order valence-electron chi connectivity index (χ2n) is 4.15. The van der Waals surface area contributed by atoms with E-state index in [0.29, 0.717) is 6.10 Å². The molecule has 2 nitrogen and oxygen atoms in total. The predicted molar refractivity (Wildman–Crippen MR) is 62.5 cm³/mol. The van der Waals surface area contributed by atoms with Gasteiger partial charge in [-0.3, -0.25) is 4.90 Å². The van der Waals surface area contributed by atoms with Crippen molar-refractivity contribution in [3.05, 3.63) is 41.7 Å². The minimum atomic E-state index is 0.290. The summed E-state index contributed by atoms with van der Waals surface area (Å²) in [4.78, 5) is 2.28. The highest BCUT2D eigenvalue weighted by molar-refractivity contribution is 5.51. The van der Waals surface area contributed by atoms with Gasteiger partial charge in [-0.05, 0) is 25.6 Å². The Kier molecular flexibility index (Phi) is 3.07. The average Bonchev–Trinajstić information content (AvgIpc) is 2.17. The van der Waals surface area contributed by atoms with E-state index in [9.17, 15) is 0 Å². The minimum Gasteiger partial charge on any atom is -0.492 e. The van der Waals surface area contributed by atoms with E-state index in [0.717, 1.165) is 18.8 Å². The van der Waals surface area contributed by atoms with E-state index in [2.05, 4.69) is 37.1 Å². The molecule has 1 aromatic rings. The first-order chi connectivity index (χ1) is 7.24. The van der Waals surface area contributed by atoms with E-state index in [4.69, 9.17) is 4.74 Å². The monoisotopic (exact) mass is 203 g/mol. The van der Waals surface area contributed by atoms with Crippen LogP contribution in [-0.2, 0) is 4.74 Å². The minimum absolute atomic E-state index is 0.290. The zero-order valence-corrected chi connectivity index (χ0v) is 9.31. The fourth-order valence-corrected chi connectivity index (χ4v) is 1.92. The van der Waals surface area contributed by atoms with Gasteiger partial charge in [0.05, 0.1) is 6.54 Å². The number of morpholine rings is 1. The lowest BCUT2D eigenvalue weighted by Gasteiger charge is -2.30. The van der Waals surface area contributed by atoms with Crippen LogP contribution in [0.5, 0.6) is 0 Å². The predicted octanol–water partition coefficient (Wildman–Crippen LogP) is 2.38. The third-order valence-corrected chi connectivity index (χ3v) is 2.47. The lowest BCUT2D eigenvalue weighted by atomic mass is 10.2. The molecule has 1 heterocycles. The van der Waals surface area contributed by atoms with Gasteiger partial charge in [0, 0.05) is 6.54 Å². The smallest absolute Gasteiger partial charge is 0.111 e. The Balaban J connectivity index is 2.13. The third-order valence-electron chi connectivity index (χ3n) is 2.47. The van der Waals surface area contributed by atoms with Gasteiger partial charge in [-0.2, -0.15) is 0 Å². The molecule has 1 atom stereocenters. The molecule has 0 amide bonds. The second kappa shape index (κ2) is 4.49. The van der Waals surface area contributed by atoms with E-state index in [-0.39, 0.29) is 0 Å².